The van der Waals surface area contributed by atoms with Crippen molar-refractivity contribution in [3.63, 3.8) is 0 Å². The molecule has 178 valence electrons. The Balaban J connectivity index is 1.50. The van der Waals surface area contributed by atoms with Crippen LogP contribution in [0.2, 0.25) is 0 Å². The van der Waals surface area contributed by atoms with Crippen LogP contribution >= 0.6 is 0 Å². The lowest BCUT2D eigenvalue weighted by atomic mass is 9.76. The third-order valence-corrected chi connectivity index (χ3v) is 9.20. The van der Waals surface area contributed by atoms with Gasteiger partial charge in [-0.1, -0.05) is 38.1 Å². The first-order valence-corrected chi connectivity index (χ1v) is 13.7. The fourth-order valence-corrected chi connectivity index (χ4v) is 7.19. The molecule has 2 heterocycles. The lowest BCUT2D eigenvalue weighted by Gasteiger charge is -2.35. The first-order chi connectivity index (χ1) is 15.6. The van der Waals surface area contributed by atoms with Gasteiger partial charge in [0.15, 0.2) is 0 Å². The standard InChI is InChI=1S/C27H36N2O3S/c1-20-10-5-15-26-22(20)11-8-18-29(26)33(31,32)19-9-16-27(3,4)24-13-6-14-25-23(24)12-7-17-28(25)21(2)30/h5-6,10,13-15H,7-9,11-12,16-19H2,1-4H3. The zero-order chi connectivity index (χ0) is 23.8. The Morgan fingerprint density at radius 2 is 1.64 bits per heavy atom. The summed E-state index contributed by atoms with van der Waals surface area (Å²) in [5.74, 6) is 0.229. The van der Waals surface area contributed by atoms with E-state index in [0.717, 1.165) is 50.0 Å². The number of aryl methyl sites for hydroxylation is 1. The number of nitrogens with zero attached hydrogens (tertiary/aromatic N) is 2. The molecule has 0 radical (unpaired) electrons. The normalized spacial score (nSPS) is 16.4. The van der Waals surface area contributed by atoms with Crippen LogP contribution in [0.15, 0.2) is 36.4 Å². The van der Waals surface area contributed by atoms with E-state index in [1.54, 1.807) is 11.2 Å². The minimum absolute atomic E-state index is 0.0778. The van der Waals surface area contributed by atoms with Crippen molar-refractivity contribution in [2.45, 2.75) is 71.6 Å². The van der Waals surface area contributed by atoms with Gasteiger partial charge in [-0.25, -0.2) is 8.42 Å². The molecule has 6 heteroatoms. The van der Waals surface area contributed by atoms with Gasteiger partial charge in [-0.15, -0.1) is 0 Å². The number of amides is 1. The average Bonchev–Trinajstić information content (AvgIpc) is 2.77. The van der Waals surface area contributed by atoms with Crippen LogP contribution in [-0.4, -0.2) is 33.2 Å². The highest BCUT2D eigenvalue weighted by atomic mass is 32.2. The van der Waals surface area contributed by atoms with Gasteiger partial charge in [0.05, 0.1) is 11.4 Å². The van der Waals surface area contributed by atoms with Crippen molar-refractivity contribution in [3.05, 3.63) is 58.7 Å². The SMILES string of the molecule is CC(=O)N1CCCc2c1cccc2C(C)(C)CCCS(=O)(=O)N1CCCc2c(C)cccc21. The van der Waals surface area contributed by atoms with Gasteiger partial charge in [-0.2, -0.15) is 0 Å². The van der Waals surface area contributed by atoms with Crippen molar-refractivity contribution in [2.75, 3.05) is 28.0 Å². The van der Waals surface area contributed by atoms with Crippen molar-refractivity contribution in [1.29, 1.82) is 0 Å². The largest absolute Gasteiger partial charge is 0.312 e. The second-order valence-corrected chi connectivity index (χ2v) is 12.1. The number of carbonyl (C=O) groups excluding carboxylic acids is 1. The lowest BCUT2D eigenvalue weighted by Crippen LogP contribution is -2.37. The summed E-state index contributed by atoms with van der Waals surface area (Å²) < 4.78 is 28.3. The van der Waals surface area contributed by atoms with Crippen molar-refractivity contribution < 1.29 is 13.2 Å². The van der Waals surface area contributed by atoms with Crippen molar-refractivity contribution >= 4 is 27.3 Å². The summed E-state index contributed by atoms with van der Waals surface area (Å²) >= 11 is 0. The minimum atomic E-state index is -3.38. The summed E-state index contributed by atoms with van der Waals surface area (Å²) in [4.78, 5) is 14.0. The Bertz CT molecular complexity index is 1150. The lowest BCUT2D eigenvalue weighted by molar-refractivity contribution is -0.116. The fourth-order valence-electron chi connectivity index (χ4n) is 5.58. The van der Waals surface area contributed by atoms with Crippen LogP contribution in [0.4, 0.5) is 11.4 Å². The predicted molar refractivity (Wildman–Crippen MR) is 136 cm³/mol. The highest BCUT2D eigenvalue weighted by Gasteiger charge is 2.31. The Hall–Kier alpha value is -2.34. The molecule has 0 saturated carbocycles. The molecule has 0 atom stereocenters. The van der Waals surface area contributed by atoms with E-state index in [9.17, 15) is 13.2 Å². The number of carbonyl (C=O) groups is 1. The van der Waals surface area contributed by atoms with Crippen molar-refractivity contribution in [3.8, 4) is 0 Å². The third kappa shape index (κ3) is 4.68. The molecule has 0 unspecified atom stereocenters. The number of fused-ring (bicyclic) bond motifs is 2. The van der Waals surface area contributed by atoms with Gasteiger partial charge < -0.3 is 4.90 Å². The van der Waals surface area contributed by atoms with Gasteiger partial charge in [0.2, 0.25) is 15.9 Å². The minimum Gasteiger partial charge on any atom is -0.312 e. The van der Waals surface area contributed by atoms with E-state index in [2.05, 4.69) is 32.9 Å². The molecule has 0 bridgehead atoms. The van der Waals surface area contributed by atoms with E-state index in [1.165, 1.54) is 22.3 Å². The topological polar surface area (TPSA) is 57.7 Å². The van der Waals surface area contributed by atoms with Crippen LogP contribution in [0, 0.1) is 6.92 Å². The van der Waals surface area contributed by atoms with Crippen LogP contribution in [0.5, 0.6) is 0 Å². The van der Waals surface area contributed by atoms with Gasteiger partial charge in [0, 0.05) is 25.7 Å². The highest BCUT2D eigenvalue weighted by Crippen LogP contribution is 2.39. The Morgan fingerprint density at radius 1 is 0.970 bits per heavy atom. The molecule has 2 aromatic rings. The first kappa shape index (κ1) is 23.8. The molecule has 5 nitrogen and oxygen atoms in total. The molecule has 0 N–H and O–H groups in total. The molecule has 0 saturated heterocycles. The first-order valence-electron chi connectivity index (χ1n) is 12.1. The molecule has 2 aliphatic rings. The van der Waals surface area contributed by atoms with E-state index in [-0.39, 0.29) is 17.1 Å². The second-order valence-electron chi connectivity index (χ2n) is 10.1. The Labute approximate surface area is 198 Å². The molecule has 0 fully saturated rings. The summed E-state index contributed by atoms with van der Waals surface area (Å²) in [6.45, 7) is 9.41. The summed E-state index contributed by atoms with van der Waals surface area (Å²) in [6, 6.07) is 12.2. The van der Waals surface area contributed by atoms with Crippen molar-refractivity contribution in [2.24, 2.45) is 0 Å². The average molecular weight is 469 g/mol. The smallest absolute Gasteiger partial charge is 0.235 e. The number of anilines is 2. The molecular formula is C27H36N2O3S. The summed E-state index contributed by atoms with van der Waals surface area (Å²) in [6.07, 6.45) is 5.11. The van der Waals surface area contributed by atoms with E-state index in [4.69, 9.17) is 0 Å². The van der Waals surface area contributed by atoms with E-state index in [0.29, 0.717) is 13.0 Å². The maximum atomic E-state index is 13.3. The van der Waals surface area contributed by atoms with Gasteiger partial charge in [-0.05, 0) is 85.3 Å². The summed E-state index contributed by atoms with van der Waals surface area (Å²) in [7, 11) is -3.38. The molecule has 0 spiro atoms. The zero-order valence-electron chi connectivity index (χ0n) is 20.4. The maximum absolute atomic E-state index is 13.3. The van der Waals surface area contributed by atoms with Gasteiger partial charge in [-0.3, -0.25) is 9.10 Å². The van der Waals surface area contributed by atoms with Gasteiger partial charge in [0.1, 0.15) is 0 Å². The van der Waals surface area contributed by atoms with E-state index >= 15 is 0 Å². The van der Waals surface area contributed by atoms with Crippen LogP contribution in [0.1, 0.15) is 68.7 Å². The number of benzene rings is 2. The molecule has 0 aliphatic carbocycles. The fraction of sp³-hybridized carbons (Fsp3) is 0.519. The molecular weight excluding hydrogens is 432 g/mol. The Kier molecular flexibility index (Phi) is 6.59. The highest BCUT2D eigenvalue weighted by molar-refractivity contribution is 7.92. The van der Waals surface area contributed by atoms with Crippen LogP contribution in [0.3, 0.4) is 0 Å². The van der Waals surface area contributed by atoms with Crippen LogP contribution < -0.4 is 9.21 Å². The monoisotopic (exact) mass is 468 g/mol. The molecule has 4 rings (SSSR count). The third-order valence-electron chi connectivity index (χ3n) is 7.34. The van der Waals surface area contributed by atoms with Crippen LogP contribution in [0.25, 0.3) is 0 Å². The molecule has 2 aliphatic heterocycles. The maximum Gasteiger partial charge on any atom is 0.235 e. The number of sulfonamides is 1. The van der Waals surface area contributed by atoms with Crippen molar-refractivity contribution in [1.82, 2.24) is 0 Å². The summed E-state index contributed by atoms with van der Waals surface area (Å²) in [5.41, 5.74) is 6.53. The summed E-state index contributed by atoms with van der Waals surface area (Å²) in [5, 5.41) is 0. The predicted octanol–water partition coefficient (Wildman–Crippen LogP) is 5.13. The van der Waals surface area contributed by atoms with Gasteiger partial charge in [0.25, 0.3) is 0 Å². The molecule has 0 aromatic heterocycles. The molecule has 2 aromatic carbocycles. The quantitative estimate of drug-likeness (QED) is 0.590. The Morgan fingerprint density at radius 3 is 2.39 bits per heavy atom. The number of hydrogen-bond donors (Lipinski definition) is 0. The second kappa shape index (κ2) is 9.13. The number of hydrogen-bond acceptors (Lipinski definition) is 3. The van der Waals surface area contributed by atoms with Crippen LogP contribution in [-0.2, 0) is 33.1 Å². The molecule has 33 heavy (non-hydrogen) atoms. The zero-order valence-corrected chi connectivity index (χ0v) is 21.2. The number of rotatable bonds is 6. The van der Waals surface area contributed by atoms with E-state index in [1.807, 2.05) is 29.2 Å². The van der Waals surface area contributed by atoms with E-state index < -0.39 is 10.0 Å². The molecule has 1 amide bonds. The van der Waals surface area contributed by atoms with Gasteiger partial charge >= 0.3 is 0 Å².